The Bertz CT molecular complexity index is 1460. The number of hydrogen-bond acceptors (Lipinski definition) is 6. The molecule has 3 fully saturated rings. The quantitative estimate of drug-likeness (QED) is 0.221. The lowest BCUT2D eigenvalue weighted by atomic mass is 9.56. The van der Waals surface area contributed by atoms with Gasteiger partial charge in [0.25, 0.3) is 11.8 Å². The summed E-state index contributed by atoms with van der Waals surface area (Å²) in [5.41, 5.74) is 1.86. The minimum atomic E-state index is -1.83. The third-order valence-electron chi connectivity index (χ3n) is 8.67. The van der Waals surface area contributed by atoms with E-state index in [1.54, 1.807) is 36.4 Å². The first-order valence-electron chi connectivity index (χ1n) is 12.9. The Kier molecular flexibility index (Phi) is 6.80. The second kappa shape index (κ2) is 9.82. The predicted molar refractivity (Wildman–Crippen MR) is 156 cm³/mol. The van der Waals surface area contributed by atoms with Crippen molar-refractivity contribution in [2.24, 2.45) is 17.8 Å². The second-order valence-electron chi connectivity index (χ2n) is 10.6. The minimum absolute atomic E-state index is 0.0479. The molecule has 8 nitrogen and oxygen atoms in total. The van der Waals surface area contributed by atoms with E-state index >= 15 is 0 Å². The number of carbonyl (C=O) groups excluding carboxylic acids is 4. The normalized spacial score (nSPS) is 33.1. The first-order chi connectivity index (χ1) is 19.0. The van der Waals surface area contributed by atoms with Crippen LogP contribution in [0.25, 0.3) is 0 Å². The molecule has 2 aromatic carbocycles. The zero-order valence-corrected chi connectivity index (χ0v) is 25.0. The number of rotatable bonds is 5. The Balaban J connectivity index is 1.46. The number of benzene rings is 2. The standard InChI is InChI=1S/C29H25Cl2IN2O6/c1-33-26(38)28(30)14-21-19(23(29(28,31)27(33)39)15-2-8-18(9-3-15)40-13-12-35)10-11-20-22(21)25(37)34(24(20)36)17-6-4-16(32)5-7-17/h2-10,20-23,35H,11-14H2,1H3/t20-,21+,22-,23-,28+,29-/m0/s1. The lowest BCUT2D eigenvalue weighted by Crippen LogP contribution is -2.60. The van der Waals surface area contributed by atoms with Crippen LogP contribution < -0.4 is 9.64 Å². The van der Waals surface area contributed by atoms with E-state index in [9.17, 15) is 19.2 Å². The molecule has 0 bridgehead atoms. The van der Waals surface area contributed by atoms with Crippen molar-refractivity contribution in [2.75, 3.05) is 25.2 Å². The first kappa shape index (κ1) is 27.7. The van der Waals surface area contributed by atoms with Crippen LogP contribution in [0.5, 0.6) is 5.75 Å². The number of aliphatic hydroxyl groups is 1. The summed E-state index contributed by atoms with van der Waals surface area (Å²) < 4.78 is 6.47. The molecule has 2 heterocycles. The van der Waals surface area contributed by atoms with Gasteiger partial charge in [0.1, 0.15) is 12.4 Å². The highest BCUT2D eigenvalue weighted by molar-refractivity contribution is 14.1. The molecule has 0 radical (unpaired) electrons. The number of fused-ring (bicyclic) bond motifs is 4. The van der Waals surface area contributed by atoms with Gasteiger partial charge in [0.05, 0.1) is 24.1 Å². The maximum absolute atomic E-state index is 14.0. The average molecular weight is 695 g/mol. The fraction of sp³-hybridized carbons (Fsp3) is 0.379. The van der Waals surface area contributed by atoms with Gasteiger partial charge in [-0.25, -0.2) is 0 Å². The van der Waals surface area contributed by atoms with E-state index < -0.39 is 45.2 Å². The largest absolute Gasteiger partial charge is 0.491 e. The number of imide groups is 2. The Morgan fingerprint density at radius 3 is 2.30 bits per heavy atom. The molecule has 2 aromatic rings. The van der Waals surface area contributed by atoms with Crippen molar-refractivity contribution in [2.45, 2.75) is 28.5 Å². The fourth-order valence-corrected chi connectivity index (χ4v) is 8.26. The van der Waals surface area contributed by atoms with Crippen molar-refractivity contribution < 1.29 is 29.0 Å². The zero-order chi connectivity index (χ0) is 28.6. The summed E-state index contributed by atoms with van der Waals surface area (Å²) >= 11 is 16.5. The SMILES string of the molecule is CN1C(=O)[C@]2(Cl)C[C@@H]3C(=CC[C@@H]4C(=O)N(c5ccc(I)cc5)C(=O)[C@@H]43)[C@H](c3ccc(OCCO)cc3)[C@]2(Cl)C1=O. The molecule has 6 atom stereocenters. The van der Waals surface area contributed by atoms with Crippen molar-refractivity contribution in [1.82, 2.24) is 4.90 Å². The Hall–Kier alpha value is -2.47. The van der Waals surface area contributed by atoms with Gasteiger partial charge in [-0.2, -0.15) is 0 Å². The Morgan fingerprint density at radius 1 is 0.975 bits per heavy atom. The van der Waals surface area contributed by atoms with E-state index in [1.807, 2.05) is 18.2 Å². The molecule has 4 aliphatic rings. The molecular weight excluding hydrogens is 670 g/mol. The molecule has 208 valence electrons. The number of carbonyl (C=O) groups is 4. The molecule has 2 aliphatic carbocycles. The van der Waals surface area contributed by atoms with Crippen molar-refractivity contribution in [3.8, 4) is 5.75 Å². The molecule has 0 spiro atoms. The topological polar surface area (TPSA) is 104 Å². The van der Waals surface area contributed by atoms with E-state index in [1.165, 1.54) is 11.9 Å². The van der Waals surface area contributed by atoms with E-state index in [4.69, 9.17) is 33.0 Å². The summed E-state index contributed by atoms with van der Waals surface area (Å²) in [4.78, 5) is 53.3. The summed E-state index contributed by atoms with van der Waals surface area (Å²) in [6.07, 6.45) is 2.16. The fourth-order valence-electron chi connectivity index (χ4n) is 6.88. The van der Waals surface area contributed by atoms with Crippen LogP contribution in [0.3, 0.4) is 0 Å². The number of ether oxygens (including phenoxy) is 1. The van der Waals surface area contributed by atoms with Crippen LogP contribution in [0.4, 0.5) is 5.69 Å². The lowest BCUT2D eigenvalue weighted by Gasteiger charge is -2.50. The van der Waals surface area contributed by atoms with Crippen LogP contribution in [0.2, 0.25) is 0 Å². The van der Waals surface area contributed by atoms with Crippen LogP contribution in [0.15, 0.2) is 60.2 Å². The van der Waals surface area contributed by atoms with Gasteiger partial charge in [0, 0.05) is 16.5 Å². The molecule has 11 heteroatoms. The van der Waals surface area contributed by atoms with Gasteiger partial charge in [-0.3, -0.25) is 29.0 Å². The molecular formula is C29H25Cl2IN2O6. The molecule has 2 saturated heterocycles. The number of anilines is 1. The lowest BCUT2D eigenvalue weighted by molar-refractivity contribution is -0.138. The maximum Gasteiger partial charge on any atom is 0.253 e. The first-order valence-corrected chi connectivity index (χ1v) is 14.8. The van der Waals surface area contributed by atoms with E-state index in [2.05, 4.69) is 22.6 Å². The van der Waals surface area contributed by atoms with Crippen LogP contribution in [-0.4, -0.2) is 63.6 Å². The van der Waals surface area contributed by atoms with Gasteiger partial charge in [-0.05, 0) is 83.3 Å². The molecule has 40 heavy (non-hydrogen) atoms. The van der Waals surface area contributed by atoms with Crippen LogP contribution in [-0.2, 0) is 19.2 Å². The van der Waals surface area contributed by atoms with E-state index in [0.717, 1.165) is 14.0 Å². The number of likely N-dealkylation sites (tertiary alicyclic amines) is 1. The minimum Gasteiger partial charge on any atom is -0.491 e. The van der Waals surface area contributed by atoms with Crippen LogP contribution in [0.1, 0.15) is 24.3 Å². The summed E-state index contributed by atoms with van der Waals surface area (Å²) in [5, 5.41) is 9.08. The highest BCUT2D eigenvalue weighted by Gasteiger charge is 2.75. The second-order valence-corrected chi connectivity index (χ2v) is 13.1. The van der Waals surface area contributed by atoms with Gasteiger partial charge in [0.15, 0.2) is 9.75 Å². The van der Waals surface area contributed by atoms with E-state index in [0.29, 0.717) is 23.4 Å². The number of alkyl halides is 2. The summed E-state index contributed by atoms with van der Waals surface area (Å²) in [7, 11) is 1.36. The Labute approximate surface area is 254 Å². The summed E-state index contributed by atoms with van der Waals surface area (Å²) in [5.74, 6) is -4.08. The maximum atomic E-state index is 14.0. The van der Waals surface area contributed by atoms with Gasteiger partial charge >= 0.3 is 0 Å². The van der Waals surface area contributed by atoms with Gasteiger partial charge in [0.2, 0.25) is 11.8 Å². The van der Waals surface area contributed by atoms with Crippen LogP contribution >= 0.6 is 45.8 Å². The average Bonchev–Trinajstić information content (AvgIpc) is 3.27. The highest BCUT2D eigenvalue weighted by atomic mass is 127. The van der Waals surface area contributed by atoms with Crippen molar-refractivity contribution in [3.05, 3.63) is 69.3 Å². The Morgan fingerprint density at radius 2 is 1.65 bits per heavy atom. The molecule has 1 N–H and O–H groups in total. The van der Waals surface area contributed by atoms with Gasteiger partial charge < -0.3 is 9.84 Å². The monoisotopic (exact) mass is 694 g/mol. The van der Waals surface area contributed by atoms with E-state index in [-0.39, 0.29) is 31.4 Å². The summed E-state index contributed by atoms with van der Waals surface area (Å²) in [6, 6.07) is 14.1. The number of amides is 4. The van der Waals surface area contributed by atoms with Gasteiger partial charge in [-0.1, -0.05) is 23.8 Å². The number of aliphatic hydroxyl groups excluding tert-OH is 1. The molecule has 0 unspecified atom stereocenters. The molecule has 4 amide bonds. The number of nitrogens with zero attached hydrogens (tertiary/aromatic N) is 2. The summed E-state index contributed by atoms with van der Waals surface area (Å²) in [6.45, 7) is -0.0235. The predicted octanol–water partition coefficient (Wildman–Crippen LogP) is 3.86. The number of hydrogen-bond donors (Lipinski definition) is 1. The van der Waals surface area contributed by atoms with Crippen molar-refractivity contribution in [3.63, 3.8) is 0 Å². The smallest absolute Gasteiger partial charge is 0.253 e. The third kappa shape index (κ3) is 3.73. The molecule has 2 aliphatic heterocycles. The van der Waals surface area contributed by atoms with Crippen LogP contribution in [0, 0.1) is 21.3 Å². The number of allylic oxidation sites excluding steroid dienone is 2. The van der Waals surface area contributed by atoms with Gasteiger partial charge in [-0.15, -0.1) is 23.2 Å². The highest BCUT2D eigenvalue weighted by Crippen LogP contribution is 2.65. The molecule has 1 saturated carbocycles. The molecule has 6 rings (SSSR count). The number of halogens is 3. The van der Waals surface area contributed by atoms with Crippen molar-refractivity contribution >= 4 is 75.1 Å². The zero-order valence-electron chi connectivity index (χ0n) is 21.4. The molecule has 0 aromatic heterocycles. The third-order valence-corrected chi connectivity index (χ3v) is 10.8. The van der Waals surface area contributed by atoms with Crippen molar-refractivity contribution in [1.29, 1.82) is 0 Å².